The molecule has 0 radical (unpaired) electrons. The van der Waals surface area contributed by atoms with Crippen molar-refractivity contribution in [2.45, 2.75) is 79.8 Å². The molecule has 0 aromatic heterocycles. The molecule has 2 rings (SSSR count). The van der Waals surface area contributed by atoms with Gasteiger partial charge in [-0.3, -0.25) is 0 Å². The van der Waals surface area contributed by atoms with Crippen LogP contribution >= 0.6 is 0 Å². The van der Waals surface area contributed by atoms with Gasteiger partial charge in [0.1, 0.15) is 12.4 Å². The van der Waals surface area contributed by atoms with E-state index in [4.69, 9.17) is 4.74 Å². The highest BCUT2D eigenvalue weighted by Gasteiger charge is 2.32. The quantitative estimate of drug-likeness (QED) is 0.475. The summed E-state index contributed by atoms with van der Waals surface area (Å²) in [7, 11) is 0. The van der Waals surface area contributed by atoms with Gasteiger partial charge >= 0.3 is 0 Å². The lowest BCUT2D eigenvalue weighted by Crippen LogP contribution is -2.26. The highest BCUT2D eigenvalue weighted by Crippen LogP contribution is 2.45. The van der Waals surface area contributed by atoms with E-state index >= 15 is 0 Å². The first kappa shape index (κ1) is 21.5. The van der Waals surface area contributed by atoms with Crippen molar-refractivity contribution < 1.29 is 4.74 Å². The van der Waals surface area contributed by atoms with Crippen molar-refractivity contribution in [2.75, 3.05) is 0 Å². The monoisotopic (exact) mass is 366 g/mol. The number of ether oxygens (including phenoxy) is 1. The molecule has 0 fully saturated rings. The molecule has 1 heteroatoms. The Morgan fingerprint density at radius 3 is 2.26 bits per heavy atom. The van der Waals surface area contributed by atoms with Crippen molar-refractivity contribution in [2.24, 2.45) is 10.8 Å². The Morgan fingerprint density at radius 2 is 1.63 bits per heavy atom. The van der Waals surface area contributed by atoms with Crippen LogP contribution in [0.4, 0.5) is 0 Å². The second-order valence-electron chi connectivity index (χ2n) is 9.67. The average molecular weight is 367 g/mol. The molecular weight excluding hydrogens is 328 g/mol. The Bertz CT molecular complexity index is 665. The van der Waals surface area contributed by atoms with Gasteiger partial charge in [-0.05, 0) is 59.3 Å². The summed E-state index contributed by atoms with van der Waals surface area (Å²) < 4.78 is 6.00. The summed E-state index contributed by atoms with van der Waals surface area (Å²) >= 11 is 0. The Balaban J connectivity index is 2.09. The minimum atomic E-state index is 0.298. The van der Waals surface area contributed by atoms with Crippen LogP contribution in [0.3, 0.4) is 0 Å². The zero-order chi connectivity index (χ0) is 19.9. The number of benzene rings is 1. The number of hydrogen-bond acceptors (Lipinski definition) is 1. The van der Waals surface area contributed by atoms with Crippen LogP contribution in [-0.2, 0) is 11.3 Å². The molecule has 0 N–H and O–H groups in total. The molecular formula is C26H38O. The lowest BCUT2D eigenvalue weighted by Gasteiger charge is -2.38. The summed E-state index contributed by atoms with van der Waals surface area (Å²) in [4.78, 5) is 0. The maximum absolute atomic E-state index is 6.00. The van der Waals surface area contributed by atoms with Gasteiger partial charge < -0.3 is 4.74 Å². The molecule has 0 heterocycles. The van der Waals surface area contributed by atoms with E-state index in [2.05, 4.69) is 90.1 Å². The lowest BCUT2D eigenvalue weighted by atomic mass is 9.67. The Hall–Kier alpha value is -1.76. The lowest BCUT2D eigenvalue weighted by molar-refractivity contribution is 0.203. The largest absolute Gasteiger partial charge is 0.489 e. The minimum Gasteiger partial charge on any atom is -0.489 e. The van der Waals surface area contributed by atoms with E-state index in [1.807, 2.05) is 6.08 Å². The molecule has 1 unspecified atom stereocenters. The summed E-state index contributed by atoms with van der Waals surface area (Å²) in [6.07, 6.45) is 15.2. The fourth-order valence-corrected chi connectivity index (χ4v) is 3.52. The van der Waals surface area contributed by atoms with Crippen LogP contribution in [0, 0.1) is 10.8 Å². The normalized spacial score (nSPS) is 16.4. The molecule has 27 heavy (non-hydrogen) atoms. The molecule has 1 aliphatic carbocycles. The summed E-state index contributed by atoms with van der Waals surface area (Å²) in [6.45, 7) is 14.8. The van der Waals surface area contributed by atoms with Crippen molar-refractivity contribution in [3.63, 3.8) is 0 Å². The van der Waals surface area contributed by atoms with Crippen molar-refractivity contribution in [3.8, 4) is 0 Å². The number of allylic oxidation sites excluding steroid dienone is 5. The molecule has 1 aliphatic rings. The average Bonchev–Trinajstić information content (AvgIpc) is 2.58. The smallest absolute Gasteiger partial charge is 0.119 e. The van der Waals surface area contributed by atoms with Crippen LogP contribution in [0.15, 0.2) is 60.4 Å². The number of hydrogen-bond donors (Lipinski definition) is 0. The summed E-state index contributed by atoms with van der Waals surface area (Å²) in [5, 5.41) is 0. The predicted molar refractivity (Wildman–Crippen MR) is 118 cm³/mol. The molecule has 0 amide bonds. The molecule has 0 bridgehead atoms. The fraction of sp³-hybridized carbons (Fsp3) is 0.538. The SMILES string of the molecule is CCC(C)(C)C(CC(C)(C)C)c1ccc(COC2=CC=CCCC=C2)cc1. The van der Waals surface area contributed by atoms with E-state index < -0.39 is 0 Å². The van der Waals surface area contributed by atoms with E-state index in [0.29, 0.717) is 23.4 Å². The molecule has 0 saturated carbocycles. The van der Waals surface area contributed by atoms with Gasteiger partial charge in [0, 0.05) is 0 Å². The Morgan fingerprint density at radius 1 is 0.963 bits per heavy atom. The van der Waals surface area contributed by atoms with Crippen LogP contribution in [0.1, 0.15) is 84.3 Å². The van der Waals surface area contributed by atoms with Crippen molar-refractivity contribution >= 4 is 0 Å². The van der Waals surface area contributed by atoms with Gasteiger partial charge in [0.05, 0.1) is 0 Å². The van der Waals surface area contributed by atoms with Gasteiger partial charge in [0.2, 0.25) is 0 Å². The first-order valence-electron chi connectivity index (χ1n) is 10.5. The fourth-order valence-electron chi connectivity index (χ4n) is 3.52. The summed E-state index contributed by atoms with van der Waals surface area (Å²) in [5.74, 6) is 1.51. The van der Waals surface area contributed by atoms with Crippen molar-refractivity contribution in [3.05, 3.63) is 71.5 Å². The van der Waals surface area contributed by atoms with Gasteiger partial charge in [-0.2, -0.15) is 0 Å². The van der Waals surface area contributed by atoms with Crippen LogP contribution < -0.4 is 0 Å². The van der Waals surface area contributed by atoms with E-state index in [1.165, 1.54) is 24.0 Å². The third kappa shape index (κ3) is 7.05. The van der Waals surface area contributed by atoms with Gasteiger partial charge in [-0.1, -0.05) is 90.5 Å². The van der Waals surface area contributed by atoms with E-state index in [9.17, 15) is 0 Å². The third-order valence-corrected chi connectivity index (χ3v) is 5.64. The van der Waals surface area contributed by atoms with Crippen LogP contribution in [-0.4, -0.2) is 0 Å². The highest BCUT2D eigenvalue weighted by atomic mass is 16.5. The van der Waals surface area contributed by atoms with Crippen molar-refractivity contribution in [1.82, 2.24) is 0 Å². The zero-order valence-electron chi connectivity index (χ0n) is 18.2. The van der Waals surface area contributed by atoms with E-state index in [1.54, 1.807) is 0 Å². The molecule has 1 aromatic rings. The maximum atomic E-state index is 6.00. The second kappa shape index (κ2) is 9.44. The third-order valence-electron chi connectivity index (χ3n) is 5.64. The molecule has 1 nitrogen and oxygen atoms in total. The van der Waals surface area contributed by atoms with E-state index in [0.717, 1.165) is 18.6 Å². The zero-order valence-corrected chi connectivity index (χ0v) is 18.2. The Labute approximate surface area is 167 Å². The maximum Gasteiger partial charge on any atom is 0.119 e. The molecule has 0 aliphatic heterocycles. The van der Waals surface area contributed by atoms with Crippen LogP contribution in [0.25, 0.3) is 0 Å². The first-order chi connectivity index (χ1) is 12.7. The van der Waals surface area contributed by atoms with Gasteiger partial charge in [0.15, 0.2) is 0 Å². The second-order valence-corrected chi connectivity index (χ2v) is 9.67. The van der Waals surface area contributed by atoms with Crippen LogP contribution in [0.2, 0.25) is 0 Å². The predicted octanol–water partition coefficient (Wildman–Crippen LogP) is 7.95. The van der Waals surface area contributed by atoms with Gasteiger partial charge in [-0.15, -0.1) is 0 Å². The molecule has 0 saturated heterocycles. The van der Waals surface area contributed by atoms with Gasteiger partial charge in [0.25, 0.3) is 0 Å². The van der Waals surface area contributed by atoms with Crippen molar-refractivity contribution in [1.29, 1.82) is 0 Å². The molecule has 1 aromatic carbocycles. The first-order valence-corrected chi connectivity index (χ1v) is 10.5. The molecule has 1 atom stereocenters. The van der Waals surface area contributed by atoms with E-state index in [-0.39, 0.29) is 0 Å². The standard InChI is InChI=1S/C26H38O/c1-7-26(5,6)24(19-25(2,3)4)22-17-15-21(16-18-22)20-27-23-13-11-9-8-10-12-14-23/h9,11-18,24H,7-8,10,19-20H2,1-6H3. The highest BCUT2D eigenvalue weighted by molar-refractivity contribution is 5.27. The molecule has 148 valence electrons. The minimum absolute atomic E-state index is 0.298. The van der Waals surface area contributed by atoms with Crippen LogP contribution in [0.5, 0.6) is 0 Å². The van der Waals surface area contributed by atoms with Gasteiger partial charge in [-0.25, -0.2) is 0 Å². The Kier molecular flexibility index (Phi) is 7.53. The number of rotatable bonds is 7. The summed E-state index contributed by atoms with van der Waals surface area (Å²) in [6, 6.07) is 9.10. The topological polar surface area (TPSA) is 9.23 Å². The summed E-state index contributed by atoms with van der Waals surface area (Å²) in [5.41, 5.74) is 3.30. The molecule has 0 spiro atoms.